The summed E-state index contributed by atoms with van der Waals surface area (Å²) < 4.78 is 0. The lowest BCUT2D eigenvalue weighted by Crippen LogP contribution is -2.24. The average molecular weight is 296 g/mol. The van der Waals surface area contributed by atoms with E-state index in [-0.39, 0.29) is 0 Å². The van der Waals surface area contributed by atoms with E-state index in [0.29, 0.717) is 5.41 Å². The van der Waals surface area contributed by atoms with Crippen molar-refractivity contribution in [3.05, 3.63) is 53.1 Å². The van der Waals surface area contributed by atoms with E-state index in [1.165, 1.54) is 61.6 Å². The second kappa shape index (κ2) is 7.81. The van der Waals surface area contributed by atoms with Crippen molar-refractivity contribution in [3.63, 3.8) is 0 Å². The Morgan fingerprint density at radius 1 is 1.00 bits per heavy atom. The van der Waals surface area contributed by atoms with Crippen LogP contribution in [0.2, 0.25) is 0 Å². The molecule has 0 amide bonds. The van der Waals surface area contributed by atoms with Gasteiger partial charge in [-0.25, -0.2) is 0 Å². The van der Waals surface area contributed by atoms with Crippen LogP contribution in [0.1, 0.15) is 75.5 Å². The number of aryl methyl sites for hydroxylation is 1. The lowest BCUT2D eigenvalue weighted by atomic mass is 9.65. The van der Waals surface area contributed by atoms with Crippen molar-refractivity contribution in [2.75, 3.05) is 0 Å². The largest absolute Gasteiger partial charge is 0.0836 e. The molecule has 2 rings (SSSR count). The van der Waals surface area contributed by atoms with Crippen molar-refractivity contribution in [2.24, 2.45) is 5.41 Å². The Balaban J connectivity index is 2.44. The van der Waals surface area contributed by atoms with Gasteiger partial charge in [0.2, 0.25) is 0 Å². The summed E-state index contributed by atoms with van der Waals surface area (Å²) in [6, 6.07) is 6.79. The molecule has 0 spiro atoms. The highest BCUT2D eigenvalue weighted by Gasteiger charge is 2.34. The zero-order chi connectivity index (χ0) is 16.0. The molecule has 0 N–H and O–H groups in total. The predicted molar refractivity (Wildman–Crippen MR) is 99.1 cm³/mol. The molecular weight excluding hydrogens is 264 g/mol. The van der Waals surface area contributed by atoms with E-state index in [4.69, 9.17) is 0 Å². The minimum Gasteiger partial charge on any atom is -0.0836 e. The van der Waals surface area contributed by atoms with Gasteiger partial charge in [0.25, 0.3) is 0 Å². The maximum Gasteiger partial charge on any atom is -0.000641 e. The Hall–Kier alpha value is -1.30. The molecule has 0 bridgehead atoms. The van der Waals surface area contributed by atoms with E-state index in [2.05, 4.69) is 64.1 Å². The molecule has 0 heteroatoms. The van der Waals surface area contributed by atoms with E-state index in [1.807, 2.05) is 0 Å². The van der Waals surface area contributed by atoms with Crippen LogP contribution in [0.15, 0.2) is 36.4 Å². The Morgan fingerprint density at radius 2 is 1.68 bits per heavy atom. The Kier molecular flexibility index (Phi) is 6.06. The summed E-state index contributed by atoms with van der Waals surface area (Å²) in [6.45, 7) is 9.15. The van der Waals surface area contributed by atoms with E-state index in [0.717, 1.165) is 0 Å². The lowest BCUT2D eigenvalue weighted by molar-refractivity contribution is 0.319. The van der Waals surface area contributed by atoms with Gasteiger partial charge in [0.15, 0.2) is 0 Å². The molecule has 0 fully saturated rings. The third kappa shape index (κ3) is 3.54. The number of rotatable bonds is 7. The smallest absolute Gasteiger partial charge is 0.000641 e. The van der Waals surface area contributed by atoms with Gasteiger partial charge in [0, 0.05) is 0 Å². The molecule has 22 heavy (non-hydrogen) atoms. The number of hydrogen-bond donors (Lipinski definition) is 0. The van der Waals surface area contributed by atoms with Crippen LogP contribution >= 0.6 is 0 Å². The van der Waals surface area contributed by atoms with E-state index >= 15 is 0 Å². The molecular formula is C22H32. The van der Waals surface area contributed by atoms with Crippen LogP contribution in [0.25, 0.3) is 5.57 Å². The molecule has 120 valence electrons. The van der Waals surface area contributed by atoms with Crippen molar-refractivity contribution >= 4 is 5.57 Å². The SMILES string of the molecule is CCCCC1(CCCC)CC=CC=C1c1cccc(C)c1C. The standard InChI is InChI=1S/C22H32/c1-5-7-15-22(16-8-6-2)17-10-9-14-21(22)20-13-11-12-18(3)19(20)4/h9-14H,5-8,15-17H2,1-4H3. The fourth-order valence-electron chi connectivity index (χ4n) is 3.79. The molecule has 0 nitrogen and oxygen atoms in total. The topological polar surface area (TPSA) is 0 Å². The summed E-state index contributed by atoms with van der Waals surface area (Å²) in [4.78, 5) is 0. The predicted octanol–water partition coefficient (Wildman–Crippen LogP) is 7.01. The Labute approximate surface area is 137 Å². The van der Waals surface area contributed by atoms with Gasteiger partial charge in [0.1, 0.15) is 0 Å². The average Bonchev–Trinajstić information content (AvgIpc) is 2.54. The zero-order valence-electron chi connectivity index (χ0n) is 14.9. The maximum atomic E-state index is 2.40. The summed E-state index contributed by atoms with van der Waals surface area (Å²) in [5.74, 6) is 0. The second-order valence-corrected chi connectivity index (χ2v) is 6.95. The van der Waals surface area contributed by atoms with Gasteiger partial charge in [-0.05, 0) is 60.8 Å². The van der Waals surface area contributed by atoms with E-state index in [9.17, 15) is 0 Å². The van der Waals surface area contributed by atoms with Crippen molar-refractivity contribution in [3.8, 4) is 0 Å². The molecule has 0 unspecified atom stereocenters. The van der Waals surface area contributed by atoms with Crippen molar-refractivity contribution in [1.29, 1.82) is 0 Å². The van der Waals surface area contributed by atoms with E-state index in [1.54, 1.807) is 5.57 Å². The van der Waals surface area contributed by atoms with Gasteiger partial charge in [0.05, 0.1) is 0 Å². The monoisotopic (exact) mass is 296 g/mol. The summed E-state index contributed by atoms with van der Waals surface area (Å²) in [7, 11) is 0. The van der Waals surface area contributed by atoms with Crippen molar-refractivity contribution in [2.45, 2.75) is 72.6 Å². The lowest BCUT2D eigenvalue weighted by Gasteiger charge is -2.39. The van der Waals surface area contributed by atoms with Crippen molar-refractivity contribution < 1.29 is 0 Å². The molecule has 0 aromatic heterocycles. The highest BCUT2D eigenvalue weighted by atomic mass is 14.4. The summed E-state index contributed by atoms with van der Waals surface area (Å²) in [5.41, 5.74) is 6.31. The first-order valence-electron chi connectivity index (χ1n) is 9.08. The highest BCUT2D eigenvalue weighted by Crippen LogP contribution is 2.49. The molecule has 1 aromatic rings. The second-order valence-electron chi connectivity index (χ2n) is 6.95. The Bertz CT molecular complexity index is 537. The van der Waals surface area contributed by atoms with Crippen LogP contribution in [0.5, 0.6) is 0 Å². The van der Waals surface area contributed by atoms with Crippen LogP contribution < -0.4 is 0 Å². The summed E-state index contributed by atoms with van der Waals surface area (Å²) in [6.07, 6.45) is 16.2. The number of hydrogen-bond acceptors (Lipinski definition) is 0. The molecule has 1 aromatic carbocycles. The number of benzene rings is 1. The minimum absolute atomic E-state index is 0.360. The first-order valence-corrected chi connectivity index (χ1v) is 9.08. The van der Waals surface area contributed by atoms with E-state index < -0.39 is 0 Å². The normalized spacial score (nSPS) is 16.6. The zero-order valence-corrected chi connectivity index (χ0v) is 14.9. The molecule has 0 heterocycles. The minimum atomic E-state index is 0.360. The van der Waals surface area contributed by atoms with Gasteiger partial charge in [-0.2, -0.15) is 0 Å². The first kappa shape index (κ1) is 17.1. The molecule has 0 radical (unpaired) electrons. The quantitative estimate of drug-likeness (QED) is 0.507. The van der Waals surface area contributed by atoms with Crippen LogP contribution in [0, 0.1) is 19.3 Å². The fourth-order valence-corrected chi connectivity index (χ4v) is 3.79. The fraction of sp³-hybridized carbons (Fsp3) is 0.545. The molecule has 0 atom stereocenters. The molecule has 1 aliphatic carbocycles. The van der Waals surface area contributed by atoms with Gasteiger partial charge in [-0.1, -0.05) is 76.0 Å². The summed E-state index contributed by atoms with van der Waals surface area (Å²) >= 11 is 0. The van der Waals surface area contributed by atoms with Crippen LogP contribution in [-0.4, -0.2) is 0 Å². The van der Waals surface area contributed by atoms with Gasteiger partial charge >= 0.3 is 0 Å². The van der Waals surface area contributed by atoms with Gasteiger partial charge in [-0.15, -0.1) is 0 Å². The third-order valence-corrected chi connectivity index (χ3v) is 5.39. The van der Waals surface area contributed by atoms with Crippen molar-refractivity contribution in [1.82, 2.24) is 0 Å². The summed E-state index contributed by atoms with van der Waals surface area (Å²) in [5, 5.41) is 0. The van der Waals surface area contributed by atoms with Crippen LogP contribution in [0.4, 0.5) is 0 Å². The molecule has 0 aliphatic heterocycles. The molecule has 1 aliphatic rings. The maximum absolute atomic E-state index is 2.40. The van der Waals surface area contributed by atoms with Gasteiger partial charge < -0.3 is 0 Å². The van der Waals surface area contributed by atoms with Crippen LogP contribution in [-0.2, 0) is 0 Å². The highest BCUT2D eigenvalue weighted by molar-refractivity contribution is 5.75. The third-order valence-electron chi connectivity index (χ3n) is 5.39. The first-order chi connectivity index (χ1) is 10.6. The Morgan fingerprint density at radius 3 is 2.32 bits per heavy atom. The molecule has 0 saturated carbocycles. The number of unbranched alkanes of at least 4 members (excludes halogenated alkanes) is 2. The molecule has 0 saturated heterocycles. The van der Waals surface area contributed by atoms with Crippen LogP contribution in [0.3, 0.4) is 0 Å². The van der Waals surface area contributed by atoms with Gasteiger partial charge in [-0.3, -0.25) is 0 Å². The number of allylic oxidation sites excluding steroid dienone is 4.